The standard InChI is InChI=1S/C14H26N2O2/c1-11(15-12-9-13(10-12)18-2)14(17)16-7-5-3-4-6-8-16/h11-13,15H,3-10H2,1-2H3. The normalized spacial score (nSPS) is 30.4. The van der Waals surface area contributed by atoms with Crippen molar-refractivity contribution in [2.24, 2.45) is 0 Å². The van der Waals surface area contributed by atoms with Crippen LogP contribution in [0.1, 0.15) is 45.4 Å². The molecule has 18 heavy (non-hydrogen) atoms. The summed E-state index contributed by atoms with van der Waals surface area (Å²) in [6, 6.07) is 0.409. The molecule has 1 aliphatic carbocycles. The van der Waals surface area contributed by atoms with E-state index in [2.05, 4.69) is 5.32 Å². The van der Waals surface area contributed by atoms with Crippen LogP contribution in [0, 0.1) is 0 Å². The van der Waals surface area contributed by atoms with Gasteiger partial charge in [0.15, 0.2) is 0 Å². The largest absolute Gasteiger partial charge is 0.381 e. The molecule has 0 aromatic carbocycles. The maximum absolute atomic E-state index is 12.3. The number of hydrogen-bond acceptors (Lipinski definition) is 3. The van der Waals surface area contributed by atoms with Crippen molar-refractivity contribution in [3.63, 3.8) is 0 Å². The number of hydrogen-bond donors (Lipinski definition) is 1. The number of carbonyl (C=O) groups is 1. The Kier molecular flexibility index (Phi) is 5.01. The first kappa shape index (κ1) is 13.8. The van der Waals surface area contributed by atoms with Crippen LogP contribution in [0.3, 0.4) is 0 Å². The average Bonchev–Trinajstić information content (AvgIpc) is 2.60. The molecule has 1 amide bonds. The summed E-state index contributed by atoms with van der Waals surface area (Å²) in [6.07, 6.45) is 7.32. The van der Waals surface area contributed by atoms with Gasteiger partial charge in [0.1, 0.15) is 0 Å². The second-order valence-corrected chi connectivity index (χ2v) is 5.65. The third kappa shape index (κ3) is 3.45. The van der Waals surface area contributed by atoms with E-state index in [4.69, 9.17) is 4.74 Å². The van der Waals surface area contributed by atoms with Crippen LogP contribution < -0.4 is 5.32 Å². The molecule has 1 aliphatic heterocycles. The van der Waals surface area contributed by atoms with Gasteiger partial charge in [-0.1, -0.05) is 12.8 Å². The van der Waals surface area contributed by atoms with E-state index < -0.39 is 0 Å². The van der Waals surface area contributed by atoms with Gasteiger partial charge in [-0.2, -0.15) is 0 Å². The van der Waals surface area contributed by atoms with Gasteiger partial charge < -0.3 is 15.0 Å². The van der Waals surface area contributed by atoms with Crippen LogP contribution in [-0.4, -0.2) is 49.2 Å². The van der Waals surface area contributed by atoms with Gasteiger partial charge in [0, 0.05) is 26.2 Å². The number of nitrogens with one attached hydrogen (secondary N) is 1. The summed E-state index contributed by atoms with van der Waals surface area (Å²) in [6.45, 7) is 3.87. The maximum atomic E-state index is 12.3. The van der Waals surface area contributed by atoms with Gasteiger partial charge in [-0.25, -0.2) is 0 Å². The van der Waals surface area contributed by atoms with E-state index >= 15 is 0 Å². The average molecular weight is 254 g/mol. The lowest BCUT2D eigenvalue weighted by Gasteiger charge is -2.37. The predicted octanol–water partition coefficient (Wildman–Crippen LogP) is 1.54. The Morgan fingerprint density at radius 2 is 1.83 bits per heavy atom. The molecule has 0 bridgehead atoms. The number of rotatable bonds is 4. The Bertz CT molecular complexity index is 269. The summed E-state index contributed by atoms with van der Waals surface area (Å²) < 4.78 is 5.26. The van der Waals surface area contributed by atoms with E-state index in [0.717, 1.165) is 38.8 Å². The molecule has 0 spiro atoms. The summed E-state index contributed by atoms with van der Waals surface area (Å²) in [7, 11) is 1.76. The van der Waals surface area contributed by atoms with Crippen molar-refractivity contribution in [1.82, 2.24) is 10.2 Å². The van der Waals surface area contributed by atoms with E-state index in [1.165, 1.54) is 12.8 Å². The molecule has 4 heteroatoms. The van der Waals surface area contributed by atoms with Gasteiger partial charge in [-0.05, 0) is 32.6 Å². The Hall–Kier alpha value is -0.610. The monoisotopic (exact) mass is 254 g/mol. The van der Waals surface area contributed by atoms with Crippen LogP contribution in [-0.2, 0) is 9.53 Å². The van der Waals surface area contributed by atoms with Gasteiger partial charge in [-0.15, -0.1) is 0 Å². The zero-order valence-corrected chi connectivity index (χ0v) is 11.7. The van der Waals surface area contributed by atoms with Crippen molar-refractivity contribution in [1.29, 1.82) is 0 Å². The second kappa shape index (κ2) is 6.53. The number of ether oxygens (including phenoxy) is 1. The van der Waals surface area contributed by atoms with Crippen LogP contribution in [0.5, 0.6) is 0 Å². The highest BCUT2D eigenvalue weighted by molar-refractivity contribution is 5.81. The fourth-order valence-corrected chi connectivity index (χ4v) is 2.88. The first-order valence-electron chi connectivity index (χ1n) is 7.28. The summed E-state index contributed by atoms with van der Waals surface area (Å²) in [4.78, 5) is 14.3. The molecule has 2 fully saturated rings. The van der Waals surface area contributed by atoms with Gasteiger partial charge >= 0.3 is 0 Å². The van der Waals surface area contributed by atoms with E-state index in [1.807, 2.05) is 11.8 Å². The number of amides is 1. The third-order valence-electron chi connectivity index (χ3n) is 4.20. The molecule has 1 unspecified atom stereocenters. The van der Waals surface area contributed by atoms with Crippen LogP contribution >= 0.6 is 0 Å². The first-order valence-corrected chi connectivity index (χ1v) is 7.28. The fourth-order valence-electron chi connectivity index (χ4n) is 2.88. The molecule has 2 rings (SSSR count). The highest BCUT2D eigenvalue weighted by atomic mass is 16.5. The molecular weight excluding hydrogens is 228 g/mol. The molecule has 1 heterocycles. The third-order valence-corrected chi connectivity index (χ3v) is 4.20. The molecular formula is C14H26N2O2. The minimum atomic E-state index is -0.0501. The van der Waals surface area contributed by atoms with Crippen molar-refractivity contribution in [2.45, 2.75) is 63.6 Å². The fraction of sp³-hybridized carbons (Fsp3) is 0.929. The van der Waals surface area contributed by atoms with Gasteiger partial charge in [-0.3, -0.25) is 4.79 Å². The topological polar surface area (TPSA) is 41.6 Å². The van der Waals surface area contributed by atoms with Gasteiger partial charge in [0.25, 0.3) is 0 Å². The first-order chi connectivity index (χ1) is 8.70. The van der Waals surface area contributed by atoms with Crippen LogP contribution in [0.15, 0.2) is 0 Å². The SMILES string of the molecule is COC1CC(NC(C)C(=O)N2CCCCCC2)C1. The molecule has 1 saturated carbocycles. The Labute approximate surface area is 110 Å². The number of nitrogens with zero attached hydrogens (tertiary/aromatic N) is 1. The molecule has 1 atom stereocenters. The molecule has 1 N–H and O–H groups in total. The smallest absolute Gasteiger partial charge is 0.239 e. The Morgan fingerprint density at radius 3 is 2.39 bits per heavy atom. The number of carbonyl (C=O) groups excluding carboxylic acids is 1. The molecule has 4 nitrogen and oxygen atoms in total. The minimum absolute atomic E-state index is 0.0501. The summed E-state index contributed by atoms with van der Waals surface area (Å²) in [5.74, 6) is 0.276. The zero-order valence-electron chi connectivity index (χ0n) is 11.7. The lowest BCUT2D eigenvalue weighted by molar-refractivity contribution is -0.133. The molecule has 0 aromatic heterocycles. The predicted molar refractivity (Wildman–Crippen MR) is 71.5 cm³/mol. The second-order valence-electron chi connectivity index (χ2n) is 5.65. The Balaban J connectivity index is 1.74. The molecule has 1 saturated heterocycles. The van der Waals surface area contributed by atoms with E-state index in [-0.39, 0.29) is 11.9 Å². The zero-order chi connectivity index (χ0) is 13.0. The van der Waals surface area contributed by atoms with E-state index in [9.17, 15) is 4.79 Å². The van der Waals surface area contributed by atoms with Crippen molar-refractivity contribution in [3.05, 3.63) is 0 Å². The number of methoxy groups -OCH3 is 1. The van der Waals surface area contributed by atoms with Crippen LogP contribution in [0.4, 0.5) is 0 Å². The van der Waals surface area contributed by atoms with Gasteiger partial charge in [0.2, 0.25) is 5.91 Å². The van der Waals surface area contributed by atoms with Crippen molar-refractivity contribution < 1.29 is 9.53 Å². The van der Waals surface area contributed by atoms with E-state index in [1.54, 1.807) is 7.11 Å². The summed E-state index contributed by atoms with van der Waals surface area (Å²) in [5.41, 5.74) is 0. The molecule has 2 aliphatic rings. The summed E-state index contributed by atoms with van der Waals surface area (Å²) in [5, 5.41) is 3.43. The van der Waals surface area contributed by atoms with Crippen molar-refractivity contribution in [2.75, 3.05) is 20.2 Å². The maximum Gasteiger partial charge on any atom is 0.239 e. The Morgan fingerprint density at radius 1 is 1.22 bits per heavy atom. The van der Waals surface area contributed by atoms with Crippen molar-refractivity contribution >= 4 is 5.91 Å². The van der Waals surface area contributed by atoms with Crippen molar-refractivity contribution in [3.8, 4) is 0 Å². The van der Waals surface area contributed by atoms with E-state index in [0.29, 0.717) is 12.1 Å². The lowest BCUT2D eigenvalue weighted by atomic mass is 9.88. The quantitative estimate of drug-likeness (QED) is 0.827. The summed E-state index contributed by atoms with van der Waals surface area (Å²) >= 11 is 0. The highest BCUT2D eigenvalue weighted by Crippen LogP contribution is 2.23. The molecule has 0 aromatic rings. The molecule has 0 radical (unpaired) electrons. The van der Waals surface area contributed by atoms with Crippen LogP contribution in [0.2, 0.25) is 0 Å². The minimum Gasteiger partial charge on any atom is -0.381 e. The number of likely N-dealkylation sites (tertiary alicyclic amines) is 1. The molecule has 104 valence electrons. The highest BCUT2D eigenvalue weighted by Gasteiger charge is 2.32. The van der Waals surface area contributed by atoms with Gasteiger partial charge in [0.05, 0.1) is 12.1 Å². The van der Waals surface area contributed by atoms with Crippen LogP contribution in [0.25, 0.3) is 0 Å². The lowest BCUT2D eigenvalue weighted by Crippen LogP contribution is -2.53.